The van der Waals surface area contributed by atoms with Gasteiger partial charge in [-0.25, -0.2) is 9.37 Å². The number of halogens is 2. The number of Topliss-reactive ketones (excluding diaryl/α,β-unsaturated/α-hetero) is 1. The molecule has 2 saturated carbocycles. The monoisotopic (exact) mass is 479 g/mol. The number of fused-ring (bicyclic) bond motifs is 2. The predicted octanol–water partition coefficient (Wildman–Crippen LogP) is 3.08. The van der Waals surface area contributed by atoms with Gasteiger partial charge in [-0.15, -0.1) is 11.8 Å². The van der Waals surface area contributed by atoms with Gasteiger partial charge in [-0.1, -0.05) is 12.1 Å². The molecule has 2 fully saturated rings. The molecule has 9 nitrogen and oxygen atoms in total. The summed E-state index contributed by atoms with van der Waals surface area (Å²) in [4.78, 5) is 42.6. The van der Waals surface area contributed by atoms with E-state index in [0.29, 0.717) is 12.8 Å². The van der Waals surface area contributed by atoms with Crippen LogP contribution >= 0.6 is 23.4 Å². The van der Waals surface area contributed by atoms with Gasteiger partial charge in [0.05, 0.1) is 22.8 Å². The highest BCUT2D eigenvalue weighted by molar-refractivity contribution is 8.00. The van der Waals surface area contributed by atoms with Gasteiger partial charge in [-0.3, -0.25) is 19.7 Å². The first-order valence-corrected chi connectivity index (χ1v) is 11.3. The summed E-state index contributed by atoms with van der Waals surface area (Å²) in [7, 11) is 0. The second kappa shape index (κ2) is 8.99. The minimum atomic E-state index is -0.689. The van der Waals surface area contributed by atoms with E-state index in [1.54, 1.807) is 6.07 Å². The maximum atomic E-state index is 14.2. The highest BCUT2D eigenvalue weighted by Gasteiger charge is 2.55. The van der Waals surface area contributed by atoms with Crippen molar-refractivity contribution in [3.05, 3.63) is 57.2 Å². The Kier molecular flexibility index (Phi) is 6.29. The third-order valence-corrected chi connectivity index (χ3v) is 7.68. The van der Waals surface area contributed by atoms with Crippen molar-refractivity contribution in [3.8, 4) is 0 Å². The Bertz CT molecular complexity index is 1090. The van der Waals surface area contributed by atoms with E-state index in [0.717, 1.165) is 6.20 Å². The van der Waals surface area contributed by atoms with Crippen molar-refractivity contribution >= 4 is 46.6 Å². The number of amides is 1. The van der Waals surface area contributed by atoms with Crippen LogP contribution in [0.25, 0.3) is 0 Å². The zero-order chi connectivity index (χ0) is 23.0. The van der Waals surface area contributed by atoms with E-state index in [9.17, 15) is 24.1 Å². The number of carbonyl (C=O) groups is 2. The number of benzene rings is 1. The first-order valence-electron chi connectivity index (χ1n) is 9.87. The van der Waals surface area contributed by atoms with Gasteiger partial charge in [-0.2, -0.15) is 4.98 Å². The lowest BCUT2D eigenvalue weighted by atomic mass is 9.83. The Morgan fingerprint density at radius 3 is 2.88 bits per heavy atom. The van der Waals surface area contributed by atoms with Crippen LogP contribution in [0.5, 0.6) is 0 Å². The first kappa shape index (κ1) is 22.4. The SMILES string of the molecule is NC(=O)[C@H]1[C@@H]2C[C@@H]([C@H]1Nc1nc(Cl)ncc1F)[C@H](SCC(=O)c1cccc([N+](=O)[O-])c1)C2. The average molecular weight is 480 g/mol. The zero-order valence-corrected chi connectivity index (χ0v) is 18.2. The highest BCUT2D eigenvalue weighted by atomic mass is 35.5. The maximum absolute atomic E-state index is 14.2. The molecular formula is C20H19ClFN5O4S. The van der Waals surface area contributed by atoms with Crippen LogP contribution in [-0.4, -0.2) is 43.6 Å². The van der Waals surface area contributed by atoms with Crippen LogP contribution < -0.4 is 11.1 Å². The molecule has 5 atom stereocenters. The smallest absolute Gasteiger partial charge is 0.270 e. The van der Waals surface area contributed by atoms with E-state index in [4.69, 9.17) is 17.3 Å². The van der Waals surface area contributed by atoms with Crippen molar-refractivity contribution < 1.29 is 18.9 Å². The Morgan fingerprint density at radius 1 is 1.38 bits per heavy atom. The van der Waals surface area contributed by atoms with Crippen LogP contribution in [0.3, 0.4) is 0 Å². The van der Waals surface area contributed by atoms with E-state index >= 15 is 0 Å². The summed E-state index contributed by atoms with van der Waals surface area (Å²) in [5.41, 5.74) is 5.77. The largest absolute Gasteiger partial charge is 0.369 e. The molecule has 2 aromatic rings. The van der Waals surface area contributed by atoms with E-state index in [1.807, 2.05) is 0 Å². The number of aromatic nitrogens is 2. The second-order valence-electron chi connectivity index (χ2n) is 7.91. The standard InChI is InChI=1S/C20H19ClFN5O4S/c21-20-24-7-13(22)19(26-20)25-17-12-5-10(16(17)18(23)29)6-15(12)32-8-14(28)9-2-1-3-11(4-9)27(30)31/h1-4,7,10,12,15-17H,5-6,8H2,(H2,23,29)(H,24,25,26)/t10-,12-,15-,16+,17-/m1/s1. The summed E-state index contributed by atoms with van der Waals surface area (Å²) in [5.74, 6) is -1.84. The molecule has 168 valence electrons. The van der Waals surface area contributed by atoms with E-state index in [1.165, 1.54) is 30.0 Å². The van der Waals surface area contributed by atoms with Crippen molar-refractivity contribution in [2.24, 2.45) is 23.5 Å². The summed E-state index contributed by atoms with van der Waals surface area (Å²) in [6, 6.07) is 5.17. The van der Waals surface area contributed by atoms with Crippen LogP contribution in [0.15, 0.2) is 30.5 Å². The van der Waals surface area contributed by atoms with Gasteiger partial charge in [0.2, 0.25) is 11.2 Å². The molecular weight excluding hydrogens is 461 g/mol. The number of nitro benzene ring substituents is 1. The number of nitro groups is 1. The Labute approximate surface area is 191 Å². The molecule has 32 heavy (non-hydrogen) atoms. The van der Waals surface area contributed by atoms with Crippen molar-refractivity contribution in [3.63, 3.8) is 0 Å². The third-order valence-electron chi connectivity index (χ3n) is 6.10. The van der Waals surface area contributed by atoms with Gasteiger partial charge in [0.15, 0.2) is 17.4 Å². The van der Waals surface area contributed by atoms with Crippen LogP contribution in [0.1, 0.15) is 23.2 Å². The molecule has 1 amide bonds. The lowest BCUT2D eigenvalue weighted by molar-refractivity contribution is -0.384. The average Bonchev–Trinajstić information content (AvgIpc) is 3.33. The number of thioether (sulfide) groups is 1. The predicted molar refractivity (Wildman–Crippen MR) is 117 cm³/mol. The number of nitrogens with two attached hydrogens (primary N) is 1. The molecule has 1 heterocycles. The molecule has 1 aromatic heterocycles. The van der Waals surface area contributed by atoms with E-state index in [2.05, 4.69) is 15.3 Å². The topological polar surface area (TPSA) is 141 Å². The molecule has 0 spiro atoms. The molecule has 2 aliphatic carbocycles. The van der Waals surface area contributed by atoms with Crippen molar-refractivity contribution in [1.29, 1.82) is 0 Å². The number of carbonyl (C=O) groups excluding carboxylic acids is 2. The molecule has 2 aliphatic rings. The third kappa shape index (κ3) is 4.40. The fraction of sp³-hybridized carbons (Fsp3) is 0.400. The van der Waals surface area contributed by atoms with E-state index in [-0.39, 0.29) is 51.0 Å². The van der Waals surface area contributed by atoms with Crippen LogP contribution in [0, 0.1) is 33.7 Å². The van der Waals surface area contributed by atoms with Crippen molar-refractivity contribution in [2.45, 2.75) is 24.1 Å². The summed E-state index contributed by atoms with van der Waals surface area (Å²) in [6.45, 7) is 0. The molecule has 12 heteroatoms. The van der Waals surface area contributed by atoms with Crippen LogP contribution in [0.2, 0.25) is 5.28 Å². The molecule has 4 rings (SSSR count). The molecule has 0 saturated heterocycles. The fourth-order valence-corrected chi connectivity index (χ4v) is 6.34. The number of hydrogen-bond donors (Lipinski definition) is 2. The minimum Gasteiger partial charge on any atom is -0.369 e. The van der Waals surface area contributed by atoms with Crippen LogP contribution in [0.4, 0.5) is 15.9 Å². The van der Waals surface area contributed by atoms with Crippen LogP contribution in [-0.2, 0) is 4.79 Å². The molecule has 2 bridgehead atoms. The highest BCUT2D eigenvalue weighted by Crippen LogP contribution is 2.53. The Balaban J connectivity index is 1.47. The van der Waals surface area contributed by atoms with Crippen molar-refractivity contribution in [1.82, 2.24) is 9.97 Å². The van der Waals surface area contributed by atoms with Gasteiger partial charge in [0.1, 0.15) is 0 Å². The number of anilines is 1. The fourth-order valence-electron chi connectivity index (χ4n) is 4.76. The van der Waals surface area contributed by atoms with E-state index < -0.39 is 28.6 Å². The van der Waals surface area contributed by atoms with Gasteiger partial charge < -0.3 is 11.1 Å². The van der Waals surface area contributed by atoms with Gasteiger partial charge in [-0.05, 0) is 36.3 Å². The zero-order valence-electron chi connectivity index (χ0n) is 16.6. The minimum absolute atomic E-state index is 0.0146. The summed E-state index contributed by atoms with van der Waals surface area (Å²) in [6.07, 6.45) is 2.37. The normalized spacial score (nSPS) is 26.1. The summed E-state index contributed by atoms with van der Waals surface area (Å²) in [5, 5.41) is 13.9. The Hall–Kier alpha value is -2.79. The molecule has 0 aliphatic heterocycles. The molecule has 0 unspecified atom stereocenters. The number of hydrogen-bond acceptors (Lipinski definition) is 8. The van der Waals surface area contributed by atoms with Gasteiger partial charge in [0.25, 0.3) is 5.69 Å². The summed E-state index contributed by atoms with van der Waals surface area (Å²) >= 11 is 7.21. The van der Waals surface area contributed by atoms with Gasteiger partial charge >= 0.3 is 0 Å². The summed E-state index contributed by atoms with van der Waals surface area (Å²) < 4.78 is 14.2. The lowest BCUT2D eigenvalue weighted by Crippen LogP contribution is -2.46. The Morgan fingerprint density at radius 2 is 2.16 bits per heavy atom. The number of nitrogens with zero attached hydrogens (tertiary/aromatic N) is 3. The molecule has 3 N–H and O–H groups in total. The number of ketones is 1. The van der Waals surface area contributed by atoms with Crippen molar-refractivity contribution in [2.75, 3.05) is 11.1 Å². The number of non-ortho nitro benzene ring substituents is 1. The number of primary amides is 1. The maximum Gasteiger partial charge on any atom is 0.270 e. The molecule has 0 radical (unpaired) electrons. The molecule has 1 aromatic carbocycles. The van der Waals surface area contributed by atoms with Gasteiger partial charge in [0, 0.05) is 29.0 Å². The number of nitrogens with one attached hydrogen (secondary N) is 1. The second-order valence-corrected chi connectivity index (χ2v) is 9.47. The first-order chi connectivity index (χ1) is 15.2. The quantitative estimate of drug-likeness (QED) is 0.254. The number of rotatable bonds is 8. The lowest BCUT2D eigenvalue weighted by Gasteiger charge is -2.34.